The van der Waals surface area contributed by atoms with E-state index in [1.165, 1.54) is 5.56 Å². The monoisotopic (exact) mass is 299 g/mol. The van der Waals surface area contributed by atoms with Crippen molar-refractivity contribution in [3.05, 3.63) is 65.2 Å². The van der Waals surface area contributed by atoms with E-state index in [4.69, 9.17) is 4.74 Å². The minimum absolute atomic E-state index is 0.173. The van der Waals surface area contributed by atoms with Crippen molar-refractivity contribution in [2.75, 3.05) is 7.11 Å². The van der Waals surface area contributed by atoms with Crippen LogP contribution in [0.15, 0.2) is 48.5 Å². The average Bonchev–Trinajstić information content (AvgIpc) is 2.54. The van der Waals surface area contributed by atoms with Crippen molar-refractivity contribution in [3.63, 3.8) is 0 Å². The molecule has 0 aliphatic rings. The number of aliphatic hydroxyl groups is 1. The lowest BCUT2D eigenvalue weighted by Crippen LogP contribution is -2.31. The Morgan fingerprint density at radius 1 is 1.14 bits per heavy atom. The fraction of sp³-hybridized carbons (Fsp3) is 0.278. The van der Waals surface area contributed by atoms with Gasteiger partial charge in [0.15, 0.2) is 6.10 Å². The quantitative estimate of drug-likeness (QED) is 0.892. The summed E-state index contributed by atoms with van der Waals surface area (Å²) in [5.74, 6) is 0.178. The van der Waals surface area contributed by atoms with Gasteiger partial charge in [0.2, 0.25) is 0 Å². The average molecular weight is 299 g/mol. The summed E-state index contributed by atoms with van der Waals surface area (Å²) in [6, 6.07) is 14.6. The third kappa shape index (κ3) is 3.86. The van der Waals surface area contributed by atoms with E-state index in [0.717, 1.165) is 5.56 Å². The standard InChI is InChI=1S/C18H21NO3/c1-12-7-9-14(10-8-12)13(2)19-18(21)17(20)15-5-4-6-16(11-15)22-3/h4-11,13,17,20H,1-3H3,(H,19,21). The predicted octanol–water partition coefficient (Wildman–Crippen LogP) is 2.91. The lowest BCUT2D eigenvalue weighted by Gasteiger charge is -2.18. The van der Waals surface area contributed by atoms with Crippen LogP contribution in [-0.2, 0) is 4.79 Å². The third-order valence-electron chi connectivity index (χ3n) is 3.59. The highest BCUT2D eigenvalue weighted by Crippen LogP contribution is 2.20. The van der Waals surface area contributed by atoms with Crippen LogP contribution in [0.4, 0.5) is 0 Å². The first-order valence-electron chi connectivity index (χ1n) is 7.20. The Bertz CT molecular complexity index is 637. The van der Waals surface area contributed by atoms with Gasteiger partial charge in [0.1, 0.15) is 5.75 Å². The molecule has 0 aliphatic carbocycles. The second-order valence-electron chi connectivity index (χ2n) is 5.32. The molecule has 0 saturated heterocycles. The lowest BCUT2D eigenvalue weighted by atomic mass is 10.0. The SMILES string of the molecule is COc1cccc(C(O)C(=O)NC(C)c2ccc(C)cc2)c1. The minimum Gasteiger partial charge on any atom is -0.497 e. The van der Waals surface area contributed by atoms with Crippen molar-refractivity contribution < 1.29 is 14.6 Å². The van der Waals surface area contributed by atoms with Crippen LogP contribution in [0.2, 0.25) is 0 Å². The maximum Gasteiger partial charge on any atom is 0.253 e. The fourth-order valence-corrected chi connectivity index (χ4v) is 2.19. The van der Waals surface area contributed by atoms with Gasteiger partial charge in [0, 0.05) is 0 Å². The number of rotatable bonds is 5. The van der Waals surface area contributed by atoms with Crippen molar-refractivity contribution in [2.45, 2.75) is 26.0 Å². The molecule has 0 heterocycles. The van der Waals surface area contributed by atoms with Crippen LogP contribution in [0.3, 0.4) is 0 Å². The topological polar surface area (TPSA) is 58.6 Å². The number of methoxy groups -OCH3 is 1. The summed E-state index contributed by atoms with van der Waals surface area (Å²) in [6.07, 6.45) is -1.22. The summed E-state index contributed by atoms with van der Waals surface area (Å²) in [6.45, 7) is 3.90. The molecule has 4 heteroatoms. The van der Waals surface area contributed by atoms with Crippen LogP contribution < -0.4 is 10.1 Å². The van der Waals surface area contributed by atoms with Crippen LogP contribution in [-0.4, -0.2) is 18.1 Å². The Labute approximate surface area is 130 Å². The van der Waals surface area contributed by atoms with Gasteiger partial charge in [-0.1, -0.05) is 42.0 Å². The molecule has 2 rings (SSSR count). The first-order chi connectivity index (χ1) is 10.5. The molecule has 4 nitrogen and oxygen atoms in total. The highest BCUT2D eigenvalue weighted by molar-refractivity contribution is 5.82. The van der Waals surface area contributed by atoms with Gasteiger partial charge in [-0.05, 0) is 37.1 Å². The molecule has 0 fully saturated rings. The molecule has 0 saturated carbocycles. The largest absolute Gasteiger partial charge is 0.497 e. The summed E-state index contributed by atoms with van der Waals surface area (Å²) in [7, 11) is 1.55. The maximum absolute atomic E-state index is 12.2. The van der Waals surface area contributed by atoms with Gasteiger partial charge >= 0.3 is 0 Å². The zero-order valence-corrected chi connectivity index (χ0v) is 13.0. The van der Waals surface area contributed by atoms with Crippen molar-refractivity contribution in [1.29, 1.82) is 0 Å². The Morgan fingerprint density at radius 2 is 1.82 bits per heavy atom. The Morgan fingerprint density at radius 3 is 2.45 bits per heavy atom. The lowest BCUT2D eigenvalue weighted by molar-refractivity contribution is -0.130. The van der Waals surface area contributed by atoms with Crippen LogP contribution in [0, 0.1) is 6.92 Å². The van der Waals surface area contributed by atoms with E-state index in [2.05, 4.69) is 5.32 Å². The molecule has 2 unspecified atom stereocenters. The molecule has 0 aliphatic heterocycles. The minimum atomic E-state index is -1.22. The molecule has 1 amide bonds. The molecule has 0 radical (unpaired) electrons. The van der Waals surface area contributed by atoms with E-state index in [9.17, 15) is 9.90 Å². The molecular weight excluding hydrogens is 278 g/mol. The molecular formula is C18H21NO3. The molecule has 0 aromatic heterocycles. The first-order valence-corrected chi connectivity index (χ1v) is 7.20. The van der Waals surface area contributed by atoms with E-state index in [1.807, 2.05) is 38.1 Å². The van der Waals surface area contributed by atoms with Crippen LogP contribution in [0.5, 0.6) is 5.75 Å². The number of amides is 1. The maximum atomic E-state index is 12.2. The second kappa shape index (κ2) is 7.09. The molecule has 22 heavy (non-hydrogen) atoms. The zero-order valence-electron chi connectivity index (χ0n) is 13.0. The highest BCUT2D eigenvalue weighted by Gasteiger charge is 2.20. The third-order valence-corrected chi connectivity index (χ3v) is 3.59. The van der Waals surface area contributed by atoms with Crippen molar-refractivity contribution in [1.82, 2.24) is 5.32 Å². The predicted molar refractivity (Wildman–Crippen MR) is 85.7 cm³/mol. The Hall–Kier alpha value is -2.33. The molecule has 2 aromatic rings. The van der Waals surface area contributed by atoms with Crippen LogP contribution >= 0.6 is 0 Å². The van der Waals surface area contributed by atoms with E-state index >= 15 is 0 Å². The molecule has 2 N–H and O–H groups in total. The first kappa shape index (κ1) is 16.0. The molecule has 2 aromatic carbocycles. The fourth-order valence-electron chi connectivity index (χ4n) is 2.19. The normalized spacial score (nSPS) is 13.3. The number of ether oxygens (including phenoxy) is 1. The number of hydrogen-bond donors (Lipinski definition) is 2. The number of aliphatic hydroxyl groups excluding tert-OH is 1. The number of carbonyl (C=O) groups is 1. The van der Waals surface area contributed by atoms with Gasteiger partial charge in [-0.3, -0.25) is 4.79 Å². The van der Waals surface area contributed by atoms with Crippen molar-refractivity contribution >= 4 is 5.91 Å². The van der Waals surface area contributed by atoms with E-state index in [0.29, 0.717) is 11.3 Å². The van der Waals surface area contributed by atoms with Crippen LogP contribution in [0.25, 0.3) is 0 Å². The summed E-state index contributed by atoms with van der Waals surface area (Å²) < 4.78 is 5.10. The smallest absolute Gasteiger partial charge is 0.253 e. The van der Waals surface area contributed by atoms with Crippen molar-refractivity contribution in [2.24, 2.45) is 0 Å². The zero-order chi connectivity index (χ0) is 16.1. The van der Waals surface area contributed by atoms with E-state index in [-0.39, 0.29) is 6.04 Å². The highest BCUT2D eigenvalue weighted by atomic mass is 16.5. The summed E-state index contributed by atoms with van der Waals surface area (Å²) in [4.78, 5) is 12.2. The van der Waals surface area contributed by atoms with Gasteiger partial charge in [-0.15, -0.1) is 0 Å². The van der Waals surface area contributed by atoms with Crippen molar-refractivity contribution in [3.8, 4) is 5.75 Å². The van der Waals surface area contributed by atoms with E-state index in [1.54, 1.807) is 31.4 Å². The summed E-state index contributed by atoms with van der Waals surface area (Å²) in [5, 5.41) is 13.0. The Balaban J connectivity index is 2.05. The van der Waals surface area contributed by atoms with Gasteiger partial charge in [-0.25, -0.2) is 0 Å². The number of benzene rings is 2. The van der Waals surface area contributed by atoms with Crippen LogP contribution in [0.1, 0.15) is 35.8 Å². The van der Waals surface area contributed by atoms with Gasteiger partial charge < -0.3 is 15.2 Å². The summed E-state index contributed by atoms with van der Waals surface area (Å²) >= 11 is 0. The van der Waals surface area contributed by atoms with Gasteiger partial charge in [-0.2, -0.15) is 0 Å². The second-order valence-corrected chi connectivity index (χ2v) is 5.32. The molecule has 2 atom stereocenters. The number of hydrogen-bond acceptors (Lipinski definition) is 3. The number of aryl methyl sites for hydroxylation is 1. The molecule has 0 bridgehead atoms. The molecule has 116 valence electrons. The summed E-state index contributed by atoms with van der Waals surface area (Å²) in [5.41, 5.74) is 2.67. The van der Waals surface area contributed by atoms with Gasteiger partial charge in [0.05, 0.1) is 13.2 Å². The molecule has 0 spiro atoms. The number of carbonyl (C=O) groups excluding carboxylic acids is 1. The Kier molecular flexibility index (Phi) is 5.17. The number of nitrogens with one attached hydrogen (secondary N) is 1. The van der Waals surface area contributed by atoms with Gasteiger partial charge in [0.25, 0.3) is 5.91 Å². The van der Waals surface area contributed by atoms with E-state index < -0.39 is 12.0 Å².